The Labute approximate surface area is 197 Å². The Bertz CT molecular complexity index is 1120. The molecular weight excluding hydrogens is 449 g/mol. The summed E-state index contributed by atoms with van der Waals surface area (Å²) in [5, 5.41) is 1.22. The summed E-state index contributed by atoms with van der Waals surface area (Å²) in [6, 6.07) is 11.1. The van der Waals surface area contributed by atoms with Crippen LogP contribution in [0.25, 0.3) is 16.9 Å². The summed E-state index contributed by atoms with van der Waals surface area (Å²) in [5.74, 6) is 0.140. The van der Waals surface area contributed by atoms with Gasteiger partial charge in [0.05, 0.1) is 29.4 Å². The van der Waals surface area contributed by atoms with Crippen LogP contribution in [0.3, 0.4) is 0 Å². The van der Waals surface area contributed by atoms with E-state index in [2.05, 4.69) is 0 Å². The summed E-state index contributed by atoms with van der Waals surface area (Å²) < 4.78 is 6.94. The third-order valence-electron chi connectivity index (χ3n) is 5.85. The first-order valence-electron chi connectivity index (χ1n) is 10.8. The number of rotatable bonds is 6. The average molecular weight is 474 g/mol. The number of nitrogens with zero attached hydrogens (tertiary/aromatic N) is 3. The van der Waals surface area contributed by atoms with Crippen LogP contribution in [0.15, 0.2) is 42.6 Å². The Morgan fingerprint density at radius 1 is 1.06 bits per heavy atom. The summed E-state index contributed by atoms with van der Waals surface area (Å²) in [6.07, 6.45) is 4.02. The number of imidazole rings is 1. The molecule has 168 valence electrons. The van der Waals surface area contributed by atoms with Gasteiger partial charge in [-0.05, 0) is 49.9 Å². The molecule has 8 heteroatoms. The van der Waals surface area contributed by atoms with Gasteiger partial charge in [-0.1, -0.05) is 35.3 Å². The maximum atomic E-state index is 13.2. The quantitative estimate of drug-likeness (QED) is 0.470. The summed E-state index contributed by atoms with van der Waals surface area (Å²) in [5.41, 5.74) is 3.17. The summed E-state index contributed by atoms with van der Waals surface area (Å²) in [7, 11) is 0. The fourth-order valence-electron chi connectivity index (χ4n) is 4.17. The second-order valence-electron chi connectivity index (χ2n) is 8.00. The highest BCUT2D eigenvalue weighted by Gasteiger charge is 2.26. The Morgan fingerprint density at radius 2 is 1.75 bits per heavy atom. The van der Waals surface area contributed by atoms with Gasteiger partial charge in [0.1, 0.15) is 5.65 Å². The number of ether oxygens (including phenoxy) is 1. The van der Waals surface area contributed by atoms with E-state index in [0.717, 1.165) is 35.4 Å². The van der Waals surface area contributed by atoms with Crippen LogP contribution in [0.1, 0.15) is 31.9 Å². The summed E-state index contributed by atoms with van der Waals surface area (Å²) in [4.78, 5) is 31.6. The van der Waals surface area contributed by atoms with Crippen molar-refractivity contribution in [3.05, 3.63) is 58.3 Å². The average Bonchev–Trinajstić information content (AvgIpc) is 3.12. The topological polar surface area (TPSA) is 63.9 Å². The van der Waals surface area contributed by atoms with Crippen molar-refractivity contribution in [1.82, 2.24) is 14.3 Å². The van der Waals surface area contributed by atoms with E-state index in [4.69, 9.17) is 32.9 Å². The van der Waals surface area contributed by atoms with Crippen LogP contribution in [0.5, 0.6) is 0 Å². The van der Waals surface area contributed by atoms with Gasteiger partial charge >= 0.3 is 5.97 Å². The molecule has 4 rings (SSSR count). The minimum absolute atomic E-state index is 0.0385. The third-order valence-corrected chi connectivity index (χ3v) is 6.32. The number of likely N-dealkylation sites (tertiary alicyclic amines) is 1. The molecule has 0 atom stereocenters. The van der Waals surface area contributed by atoms with Gasteiger partial charge in [0.25, 0.3) is 0 Å². The molecule has 0 radical (unpaired) electrons. The molecule has 32 heavy (non-hydrogen) atoms. The third kappa shape index (κ3) is 5.08. The van der Waals surface area contributed by atoms with Gasteiger partial charge < -0.3 is 14.0 Å². The zero-order valence-corrected chi connectivity index (χ0v) is 19.4. The SMILES string of the molecule is CCOC(=O)CC1CCN(C(=O)Cc2c(-c3ccc(Cl)cc3)nc3ccc(Cl)cn23)CC1. The smallest absolute Gasteiger partial charge is 0.306 e. The number of carbonyl (C=O) groups excluding carboxylic acids is 2. The van der Waals surface area contributed by atoms with Crippen molar-refractivity contribution in [3.63, 3.8) is 0 Å². The second kappa shape index (κ2) is 9.92. The molecule has 1 fully saturated rings. The summed E-state index contributed by atoms with van der Waals surface area (Å²) >= 11 is 12.3. The largest absolute Gasteiger partial charge is 0.466 e. The fraction of sp³-hybridized carbons (Fsp3) is 0.375. The summed E-state index contributed by atoms with van der Waals surface area (Å²) in [6.45, 7) is 3.48. The molecule has 6 nitrogen and oxygen atoms in total. The van der Waals surface area contributed by atoms with E-state index >= 15 is 0 Å². The van der Waals surface area contributed by atoms with Crippen LogP contribution in [-0.4, -0.2) is 45.9 Å². The van der Waals surface area contributed by atoms with Crippen LogP contribution >= 0.6 is 23.2 Å². The highest BCUT2D eigenvalue weighted by Crippen LogP contribution is 2.28. The molecule has 0 bridgehead atoms. The minimum atomic E-state index is -0.160. The highest BCUT2D eigenvalue weighted by atomic mass is 35.5. The van der Waals surface area contributed by atoms with E-state index in [1.165, 1.54) is 0 Å². The van der Waals surface area contributed by atoms with E-state index in [1.807, 2.05) is 46.6 Å². The zero-order chi connectivity index (χ0) is 22.7. The lowest BCUT2D eigenvalue weighted by atomic mass is 9.93. The number of benzene rings is 1. The molecule has 1 aliphatic rings. The van der Waals surface area contributed by atoms with Gasteiger partial charge in [0.15, 0.2) is 0 Å². The van der Waals surface area contributed by atoms with Gasteiger partial charge in [-0.2, -0.15) is 0 Å². The predicted molar refractivity (Wildman–Crippen MR) is 125 cm³/mol. The fourth-order valence-corrected chi connectivity index (χ4v) is 4.46. The van der Waals surface area contributed by atoms with Crippen molar-refractivity contribution >= 4 is 40.7 Å². The predicted octanol–water partition coefficient (Wildman–Crippen LogP) is 5.04. The Morgan fingerprint density at radius 3 is 2.44 bits per heavy atom. The number of halogens is 2. The van der Waals surface area contributed by atoms with E-state index in [1.54, 1.807) is 12.3 Å². The van der Waals surface area contributed by atoms with Crippen molar-refractivity contribution in [2.24, 2.45) is 5.92 Å². The molecule has 1 saturated heterocycles. The Balaban J connectivity index is 1.53. The number of esters is 1. The maximum absolute atomic E-state index is 13.2. The molecular formula is C24H25Cl2N3O3. The van der Waals surface area contributed by atoms with E-state index in [0.29, 0.717) is 36.2 Å². The molecule has 3 heterocycles. The van der Waals surface area contributed by atoms with Gasteiger partial charge in [0, 0.05) is 36.3 Å². The van der Waals surface area contributed by atoms with Crippen molar-refractivity contribution in [1.29, 1.82) is 0 Å². The van der Waals surface area contributed by atoms with Crippen molar-refractivity contribution in [3.8, 4) is 11.3 Å². The van der Waals surface area contributed by atoms with Crippen LogP contribution in [0, 0.1) is 5.92 Å². The monoisotopic (exact) mass is 473 g/mol. The normalized spacial score (nSPS) is 14.7. The van der Waals surface area contributed by atoms with Gasteiger partial charge in [0.2, 0.25) is 5.91 Å². The van der Waals surface area contributed by atoms with E-state index in [9.17, 15) is 9.59 Å². The standard InChI is InChI=1S/C24H25Cl2N3O3/c1-2-32-23(31)13-16-9-11-28(12-10-16)22(30)14-20-24(17-3-5-18(25)6-4-17)27-21-8-7-19(26)15-29(20)21/h3-8,15-16H,2,9-14H2,1H3. The first-order chi connectivity index (χ1) is 15.4. The number of hydrogen-bond acceptors (Lipinski definition) is 4. The number of amides is 1. The van der Waals surface area contributed by atoms with Gasteiger partial charge in [-0.15, -0.1) is 0 Å². The van der Waals surface area contributed by atoms with Crippen LogP contribution in [0.2, 0.25) is 10.0 Å². The molecule has 1 amide bonds. The minimum Gasteiger partial charge on any atom is -0.466 e. The molecule has 1 aromatic carbocycles. The van der Waals surface area contributed by atoms with Crippen LogP contribution in [-0.2, 0) is 20.7 Å². The number of piperidine rings is 1. The van der Waals surface area contributed by atoms with Crippen LogP contribution in [0.4, 0.5) is 0 Å². The molecule has 0 aliphatic carbocycles. The van der Waals surface area contributed by atoms with Gasteiger partial charge in [-0.25, -0.2) is 4.98 Å². The molecule has 0 N–H and O–H groups in total. The van der Waals surface area contributed by atoms with Gasteiger partial charge in [-0.3, -0.25) is 9.59 Å². The Hall–Kier alpha value is -2.57. The van der Waals surface area contributed by atoms with Crippen molar-refractivity contribution in [2.45, 2.75) is 32.6 Å². The first kappa shape index (κ1) is 22.6. The van der Waals surface area contributed by atoms with E-state index in [-0.39, 0.29) is 24.2 Å². The molecule has 1 aliphatic heterocycles. The lowest BCUT2D eigenvalue weighted by molar-refractivity contribution is -0.144. The zero-order valence-electron chi connectivity index (χ0n) is 17.9. The number of carbonyl (C=O) groups is 2. The van der Waals surface area contributed by atoms with Crippen molar-refractivity contribution < 1.29 is 14.3 Å². The van der Waals surface area contributed by atoms with Crippen molar-refractivity contribution in [2.75, 3.05) is 19.7 Å². The second-order valence-corrected chi connectivity index (χ2v) is 8.87. The molecule has 0 unspecified atom stereocenters. The van der Waals surface area contributed by atoms with E-state index < -0.39 is 0 Å². The van der Waals surface area contributed by atoms with Crippen LogP contribution < -0.4 is 0 Å². The lowest BCUT2D eigenvalue weighted by Crippen LogP contribution is -2.40. The number of hydrogen-bond donors (Lipinski definition) is 0. The lowest BCUT2D eigenvalue weighted by Gasteiger charge is -2.31. The molecule has 0 spiro atoms. The maximum Gasteiger partial charge on any atom is 0.306 e. The molecule has 3 aromatic rings. The number of aromatic nitrogens is 2. The molecule has 2 aromatic heterocycles. The highest BCUT2D eigenvalue weighted by molar-refractivity contribution is 6.30. The number of pyridine rings is 1. The first-order valence-corrected chi connectivity index (χ1v) is 11.6. The Kier molecular flexibility index (Phi) is 7.01. The molecule has 0 saturated carbocycles. The number of fused-ring (bicyclic) bond motifs is 1.